The van der Waals surface area contributed by atoms with Crippen molar-refractivity contribution < 1.29 is 63.4 Å². The van der Waals surface area contributed by atoms with Crippen LogP contribution in [-0.4, -0.2) is 7.38 Å². The van der Waals surface area contributed by atoms with Crippen molar-refractivity contribution in [3.63, 3.8) is 0 Å². The van der Waals surface area contributed by atoms with E-state index in [0.29, 0.717) is 0 Å². The molecule has 1 aliphatic rings. The summed E-state index contributed by atoms with van der Waals surface area (Å²) >= 11 is 6.13. The molecule has 0 aromatic heterocycles. The SMILES string of the molecule is C[Si](C)(Cl)C1=[C-]CC=C1.[Cl-].[Cl-].[Cl-].[Zr+4]. The molecule has 6 heteroatoms. The molecule has 0 radical (unpaired) electrons. The number of allylic oxidation sites excluding steroid dienone is 4. The fraction of sp³-hybridized carbons (Fsp3) is 0.429. The molecule has 0 N–H and O–H groups in total. The van der Waals surface area contributed by atoms with E-state index in [1.165, 1.54) is 5.20 Å². The molecular weight excluding hydrogens is 345 g/mol. The van der Waals surface area contributed by atoms with Gasteiger partial charge in [0, 0.05) is 0 Å². The quantitative estimate of drug-likeness (QED) is 0.250. The second kappa shape index (κ2) is 10.3. The van der Waals surface area contributed by atoms with Crippen LogP contribution in [0.3, 0.4) is 0 Å². The van der Waals surface area contributed by atoms with Crippen molar-refractivity contribution in [3.8, 4) is 0 Å². The van der Waals surface area contributed by atoms with Crippen LogP contribution >= 0.6 is 11.1 Å². The molecule has 0 aromatic rings. The summed E-state index contributed by atoms with van der Waals surface area (Å²) in [6.45, 7) is 4.24. The van der Waals surface area contributed by atoms with E-state index >= 15 is 0 Å². The summed E-state index contributed by atoms with van der Waals surface area (Å²) in [5.74, 6) is 0. The molecule has 0 bridgehead atoms. The molecule has 74 valence electrons. The van der Waals surface area contributed by atoms with Crippen LogP contribution in [0.4, 0.5) is 0 Å². The van der Waals surface area contributed by atoms with Gasteiger partial charge in [-0.05, 0) is 0 Å². The van der Waals surface area contributed by atoms with Crippen molar-refractivity contribution >= 4 is 18.5 Å². The molecule has 0 atom stereocenters. The van der Waals surface area contributed by atoms with Crippen LogP contribution in [0.25, 0.3) is 0 Å². The average Bonchev–Trinajstić information content (AvgIpc) is 2.08. The Bertz CT molecular complexity index is 174. The van der Waals surface area contributed by atoms with Gasteiger partial charge in [-0.3, -0.25) is 6.08 Å². The van der Waals surface area contributed by atoms with Gasteiger partial charge in [-0.25, -0.2) is 11.3 Å². The first kappa shape index (κ1) is 24.1. The molecular formula is C7H10Cl4SiZr. The maximum Gasteiger partial charge on any atom is 4.00 e. The zero-order valence-electron chi connectivity index (χ0n) is 7.37. The van der Waals surface area contributed by atoms with E-state index < -0.39 is 7.38 Å². The van der Waals surface area contributed by atoms with Crippen molar-refractivity contribution in [1.29, 1.82) is 0 Å². The van der Waals surface area contributed by atoms with Gasteiger partial charge in [0.05, 0.1) is 0 Å². The van der Waals surface area contributed by atoms with Crippen LogP contribution in [-0.2, 0) is 26.2 Å². The Morgan fingerprint density at radius 2 is 1.77 bits per heavy atom. The number of rotatable bonds is 1. The van der Waals surface area contributed by atoms with Gasteiger partial charge in [-0.2, -0.15) is 17.2 Å². The number of hydrogen-bond acceptors (Lipinski definition) is 0. The summed E-state index contributed by atoms with van der Waals surface area (Å²) in [5.41, 5.74) is 0. The van der Waals surface area contributed by atoms with E-state index in [1.54, 1.807) is 0 Å². The summed E-state index contributed by atoms with van der Waals surface area (Å²) in [6.07, 6.45) is 8.39. The molecule has 0 heterocycles. The Labute approximate surface area is 124 Å². The second-order valence-corrected chi connectivity index (χ2v) is 8.99. The number of halogens is 4. The van der Waals surface area contributed by atoms with Crippen molar-refractivity contribution in [2.24, 2.45) is 0 Å². The molecule has 0 aliphatic heterocycles. The molecule has 0 nitrogen and oxygen atoms in total. The first-order chi connectivity index (χ1) is 4.11. The minimum atomic E-state index is -1.53. The standard InChI is InChI=1S/C7H10ClSi.3ClH.Zr/c1-9(2,8)7-5-3-4-6-7;;;;/h3,5H,4H2,1-2H3;3*1H;/q-1;;;;+4/p-3. The largest absolute Gasteiger partial charge is 4.00 e. The van der Waals surface area contributed by atoms with E-state index in [2.05, 4.69) is 31.3 Å². The molecule has 0 saturated heterocycles. The van der Waals surface area contributed by atoms with E-state index in [-0.39, 0.29) is 63.4 Å². The van der Waals surface area contributed by atoms with Crippen LogP contribution in [0.1, 0.15) is 6.42 Å². The van der Waals surface area contributed by atoms with Gasteiger partial charge in [0.1, 0.15) is 7.38 Å². The third-order valence-corrected chi connectivity index (χ3v) is 3.57. The van der Waals surface area contributed by atoms with Crippen LogP contribution in [0.15, 0.2) is 17.3 Å². The van der Waals surface area contributed by atoms with Crippen molar-refractivity contribution in [3.05, 3.63) is 23.4 Å². The van der Waals surface area contributed by atoms with E-state index in [1.807, 2.05) is 0 Å². The summed E-state index contributed by atoms with van der Waals surface area (Å²) < 4.78 is 0. The summed E-state index contributed by atoms with van der Waals surface area (Å²) in [5, 5.41) is 1.25. The van der Waals surface area contributed by atoms with Gasteiger partial charge >= 0.3 is 26.2 Å². The Hall–Kier alpha value is 1.74. The maximum absolute atomic E-state index is 6.13. The molecule has 0 fully saturated rings. The first-order valence-electron chi connectivity index (χ1n) is 3.07. The first-order valence-corrected chi connectivity index (χ1v) is 7.08. The molecule has 0 unspecified atom stereocenters. The predicted molar refractivity (Wildman–Crippen MR) is 43.8 cm³/mol. The van der Waals surface area contributed by atoms with Gasteiger partial charge in [0.2, 0.25) is 0 Å². The monoisotopic (exact) mass is 352 g/mol. The Kier molecular flexibility index (Phi) is 19.0. The van der Waals surface area contributed by atoms with Gasteiger partial charge < -0.3 is 37.2 Å². The summed E-state index contributed by atoms with van der Waals surface area (Å²) in [7, 11) is -1.53. The van der Waals surface area contributed by atoms with Crippen LogP contribution in [0.5, 0.6) is 0 Å². The average molecular weight is 355 g/mol. The van der Waals surface area contributed by atoms with Crippen molar-refractivity contribution in [2.45, 2.75) is 19.5 Å². The van der Waals surface area contributed by atoms with Crippen molar-refractivity contribution in [2.75, 3.05) is 0 Å². The van der Waals surface area contributed by atoms with E-state index in [4.69, 9.17) is 11.1 Å². The van der Waals surface area contributed by atoms with Crippen LogP contribution in [0.2, 0.25) is 13.1 Å². The smallest absolute Gasteiger partial charge is 1.00 e. The van der Waals surface area contributed by atoms with E-state index in [0.717, 1.165) is 6.42 Å². The van der Waals surface area contributed by atoms with Gasteiger partial charge in [-0.1, -0.05) is 13.1 Å². The maximum atomic E-state index is 6.13. The minimum Gasteiger partial charge on any atom is -1.00 e. The topological polar surface area (TPSA) is 0 Å². The van der Waals surface area contributed by atoms with Crippen molar-refractivity contribution in [1.82, 2.24) is 0 Å². The molecule has 0 spiro atoms. The van der Waals surface area contributed by atoms with Gasteiger partial charge in [0.15, 0.2) is 0 Å². The molecule has 1 aliphatic carbocycles. The summed E-state index contributed by atoms with van der Waals surface area (Å²) in [4.78, 5) is 0. The zero-order valence-corrected chi connectivity index (χ0v) is 13.9. The van der Waals surface area contributed by atoms with Gasteiger partial charge in [0.25, 0.3) is 0 Å². The van der Waals surface area contributed by atoms with E-state index in [9.17, 15) is 0 Å². The third-order valence-electron chi connectivity index (χ3n) is 1.34. The Morgan fingerprint density at radius 1 is 1.31 bits per heavy atom. The molecule has 0 aromatic carbocycles. The predicted octanol–water partition coefficient (Wildman–Crippen LogP) is -6.33. The third kappa shape index (κ3) is 8.72. The molecule has 0 saturated carbocycles. The minimum absolute atomic E-state index is 0. The van der Waals surface area contributed by atoms with Crippen LogP contribution < -0.4 is 37.2 Å². The molecule has 13 heavy (non-hydrogen) atoms. The Balaban J connectivity index is -0.000000101. The summed E-state index contributed by atoms with van der Waals surface area (Å²) in [6, 6.07) is 0. The molecule has 1 rings (SSSR count). The second-order valence-electron chi connectivity index (χ2n) is 2.67. The zero-order chi connectivity index (χ0) is 6.91. The normalized spacial score (nSPS) is 12.7. The fourth-order valence-corrected chi connectivity index (χ4v) is 2.24. The van der Waals surface area contributed by atoms with Gasteiger partial charge in [-0.15, -0.1) is 6.42 Å². The van der Waals surface area contributed by atoms with Crippen LogP contribution in [0, 0.1) is 6.08 Å². The number of hydrogen-bond donors (Lipinski definition) is 0. The molecule has 0 amide bonds. The Morgan fingerprint density at radius 3 is 1.92 bits per heavy atom. The fourth-order valence-electron chi connectivity index (χ4n) is 0.813.